The monoisotopic (exact) mass is 461 g/mol. The fourth-order valence-electron chi connectivity index (χ4n) is 3.16. The van der Waals surface area contributed by atoms with Crippen LogP contribution in [0.2, 0.25) is 5.02 Å². The lowest BCUT2D eigenvalue weighted by Crippen LogP contribution is -2.45. The highest BCUT2D eigenvalue weighted by atomic mass is 35.5. The van der Waals surface area contributed by atoms with E-state index in [-0.39, 0.29) is 30.2 Å². The van der Waals surface area contributed by atoms with Crippen LogP contribution in [0.1, 0.15) is 18.4 Å². The molecule has 0 spiro atoms. The fourth-order valence-corrected chi connectivity index (χ4v) is 3.33. The largest absolute Gasteiger partial charge is 0.495 e. The number of para-hydroxylation sites is 1. The normalized spacial score (nSPS) is 17.1. The number of benzene rings is 2. The Morgan fingerprint density at radius 3 is 2.69 bits per heavy atom. The molecule has 1 aliphatic heterocycles. The third kappa shape index (κ3) is 5.09. The van der Waals surface area contributed by atoms with Crippen LogP contribution in [0.3, 0.4) is 0 Å². The van der Waals surface area contributed by atoms with Gasteiger partial charge in [0.15, 0.2) is 6.61 Å². The number of hydrogen-bond acceptors (Lipinski definition) is 7. The molecule has 0 saturated carbocycles. The average Bonchev–Trinajstić information content (AvgIpc) is 3.17. The number of amides is 2. The van der Waals surface area contributed by atoms with E-state index in [0.29, 0.717) is 16.3 Å². The Hall–Kier alpha value is -3.79. The first-order valence-electron chi connectivity index (χ1n) is 9.36. The lowest BCUT2D eigenvalue weighted by atomic mass is 9.89. The van der Waals surface area contributed by atoms with E-state index >= 15 is 0 Å². The van der Waals surface area contributed by atoms with Crippen molar-refractivity contribution in [3.63, 3.8) is 0 Å². The molecule has 0 fully saturated rings. The number of nitrogens with two attached hydrogens (primary N) is 1. The van der Waals surface area contributed by atoms with E-state index in [4.69, 9.17) is 31.6 Å². The van der Waals surface area contributed by atoms with Gasteiger partial charge in [-0.25, -0.2) is 0 Å². The van der Waals surface area contributed by atoms with Crippen molar-refractivity contribution in [2.45, 2.75) is 18.4 Å². The van der Waals surface area contributed by atoms with Gasteiger partial charge < -0.3 is 30.5 Å². The van der Waals surface area contributed by atoms with Crippen molar-refractivity contribution in [3.05, 3.63) is 53.1 Å². The van der Waals surface area contributed by atoms with Gasteiger partial charge in [0, 0.05) is 17.0 Å². The highest BCUT2D eigenvalue weighted by Crippen LogP contribution is 2.36. The van der Waals surface area contributed by atoms with Gasteiger partial charge >= 0.3 is 5.97 Å². The summed E-state index contributed by atoms with van der Waals surface area (Å²) >= 11 is 6.01. The van der Waals surface area contributed by atoms with Crippen molar-refractivity contribution in [1.29, 1.82) is 0 Å². The minimum Gasteiger partial charge on any atom is -0.495 e. The Bertz CT molecular complexity index is 1090. The molecule has 1 atom stereocenters. The van der Waals surface area contributed by atoms with E-state index in [1.807, 2.05) is 0 Å². The van der Waals surface area contributed by atoms with Crippen LogP contribution in [-0.4, -0.2) is 47.9 Å². The van der Waals surface area contributed by atoms with E-state index < -0.39 is 29.8 Å². The summed E-state index contributed by atoms with van der Waals surface area (Å²) in [7, 11) is 1.42. The van der Waals surface area contributed by atoms with Crippen LogP contribution < -0.4 is 20.5 Å². The molecule has 0 aromatic heterocycles. The first-order valence-corrected chi connectivity index (χ1v) is 9.74. The first kappa shape index (κ1) is 22.9. The number of carboxylic acid groups (broad SMARTS) is 1. The van der Waals surface area contributed by atoms with Gasteiger partial charge in [0.25, 0.3) is 11.8 Å². The number of primary amides is 1. The van der Waals surface area contributed by atoms with Crippen molar-refractivity contribution in [2.75, 3.05) is 19.0 Å². The zero-order valence-electron chi connectivity index (χ0n) is 17.0. The zero-order chi connectivity index (χ0) is 23.3. The number of nitrogens with zero attached hydrogens (tertiary/aromatic N) is 1. The minimum atomic E-state index is -1.83. The molecule has 0 aliphatic carbocycles. The van der Waals surface area contributed by atoms with Crippen LogP contribution in [-0.2, 0) is 19.2 Å². The highest BCUT2D eigenvalue weighted by Gasteiger charge is 2.49. The Morgan fingerprint density at radius 1 is 1.25 bits per heavy atom. The van der Waals surface area contributed by atoms with E-state index in [9.17, 15) is 19.5 Å². The maximum absolute atomic E-state index is 13.2. The second-order valence-corrected chi connectivity index (χ2v) is 7.36. The van der Waals surface area contributed by atoms with Crippen LogP contribution >= 0.6 is 11.6 Å². The number of aliphatic carboxylic acids is 1. The summed E-state index contributed by atoms with van der Waals surface area (Å²) in [5.41, 5.74) is 4.27. The van der Waals surface area contributed by atoms with Gasteiger partial charge in [-0.1, -0.05) is 28.9 Å². The second-order valence-electron chi connectivity index (χ2n) is 6.92. The summed E-state index contributed by atoms with van der Waals surface area (Å²) in [6.07, 6.45) is -0.815. The smallest absolute Gasteiger partial charge is 0.308 e. The maximum atomic E-state index is 13.2. The number of carbonyl (C=O) groups excluding carboxylic acids is 2. The lowest BCUT2D eigenvalue weighted by molar-refractivity contribution is -0.152. The molecule has 2 aromatic carbocycles. The predicted octanol–water partition coefficient (Wildman–Crippen LogP) is 2.19. The van der Waals surface area contributed by atoms with Crippen molar-refractivity contribution >= 4 is 40.8 Å². The third-order valence-corrected chi connectivity index (χ3v) is 4.85. The molecule has 4 N–H and O–H groups in total. The molecule has 168 valence electrons. The molecule has 0 radical (unpaired) electrons. The summed E-state index contributed by atoms with van der Waals surface area (Å²) in [4.78, 5) is 41.2. The fraction of sp³-hybridized carbons (Fsp3) is 0.238. The van der Waals surface area contributed by atoms with Gasteiger partial charge in [0.2, 0.25) is 5.60 Å². The molecule has 2 aromatic rings. The number of nitrogens with one attached hydrogen (secondary N) is 1. The molecule has 1 aliphatic rings. The number of hydrogen-bond donors (Lipinski definition) is 3. The summed E-state index contributed by atoms with van der Waals surface area (Å²) in [5, 5.41) is 16.3. The number of carboxylic acids is 1. The topological polar surface area (TPSA) is 150 Å². The van der Waals surface area contributed by atoms with Gasteiger partial charge in [0.1, 0.15) is 11.5 Å². The number of methoxy groups -OCH3 is 1. The van der Waals surface area contributed by atoms with Crippen LogP contribution in [0.25, 0.3) is 0 Å². The Labute approximate surface area is 187 Å². The quantitative estimate of drug-likeness (QED) is 0.518. The van der Waals surface area contributed by atoms with E-state index in [0.717, 1.165) is 0 Å². The molecule has 1 heterocycles. The summed E-state index contributed by atoms with van der Waals surface area (Å²) in [6.45, 7) is -0.361. The molecule has 0 bridgehead atoms. The van der Waals surface area contributed by atoms with Gasteiger partial charge in [-0.3, -0.25) is 14.4 Å². The molecular formula is C21H20ClN3O7. The third-order valence-electron chi connectivity index (χ3n) is 4.61. The maximum Gasteiger partial charge on any atom is 0.308 e. The van der Waals surface area contributed by atoms with Gasteiger partial charge in [0.05, 0.1) is 24.9 Å². The van der Waals surface area contributed by atoms with E-state index in [1.54, 1.807) is 36.4 Å². The van der Waals surface area contributed by atoms with E-state index in [2.05, 4.69) is 10.5 Å². The number of halogens is 1. The molecule has 10 nitrogen and oxygen atoms in total. The molecule has 0 saturated heterocycles. The molecular weight excluding hydrogens is 442 g/mol. The number of ether oxygens (including phenoxy) is 2. The van der Waals surface area contributed by atoms with Crippen molar-refractivity contribution < 1.29 is 33.8 Å². The van der Waals surface area contributed by atoms with Crippen LogP contribution in [0, 0.1) is 0 Å². The minimum absolute atomic E-state index is 0.162. The van der Waals surface area contributed by atoms with Gasteiger partial charge in [-0.15, -0.1) is 0 Å². The molecule has 2 amide bonds. The Kier molecular flexibility index (Phi) is 6.84. The van der Waals surface area contributed by atoms with Crippen LogP contribution in [0.4, 0.5) is 5.69 Å². The Balaban J connectivity index is 1.88. The van der Waals surface area contributed by atoms with Crippen molar-refractivity contribution in [3.8, 4) is 11.5 Å². The summed E-state index contributed by atoms with van der Waals surface area (Å²) in [5.74, 6) is -2.04. The standard InChI is InChI=1S/C21H20ClN3O7/c1-30-17-7-6-12(22)8-14(17)24-20(29)21(10-19(27)28)9-15(25-32-21)13-4-2-3-5-16(13)31-11-18(23)26/h2-8H,9-11H2,1H3,(H2,23,26)(H,24,29)(H,27,28). The first-order chi connectivity index (χ1) is 15.2. The summed E-state index contributed by atoms with van der Waals surface area (Å²) in [6, 6.07) is 11.2. The van der Waals surface area contributed by atoms with E-state index in [1.165, 1.54) is 13.2 Å². The zero-order valence-corrected chi connectivity index (χ0v) is 17.7. The molecule has 3 rings (SSSR count). The number of rotatable bonds is 9. The number of anilines is 1. The van der Waals surface area contributed by atoms with Gasteiger partial charge in [-0.2, -0.15) is 0 Å². The summed E-state index contributed by atoms with van der Waals surface area (Å²) < 4.78 is 10.6. The van der Waals surface area contributed by atoms with Gasteiger partial charge in [-0.05, 0) is 30.3 Å². The lowest BCUT2D eigenvalue weighted by Gasteiger charge is -2.24. The molecule has 11 heteroatoms. The molecule has 1 unspecified atom stereocenters. The van der Waals surface area contributed by atoms with Crippen molar-refractivity contribution in [2.24, 2.45) is 10.9 Å². The Morgan fingerprint density at radius 2 is 2.00 bits per heavy atom. The molecule has 32 heavy (non-hydrogen) atoms. The predicted molar refractivity (Wildman–Crippen MR) is 115 cm³/mol. The highest BCUT2D eigenvalue weighted by molar-refractivity contribution is 6.31. The van der Waals surface area contributed by atoms with Crippen LogP contribution in [0.5, 0.6) is 11.5 Å². The van der Waals surface area contributed by atoms with Crippen molar-refractivity contribution in [1.82, 2.24) is 0 Å². The SMILES string of the molecule is COc1ccc(Cl)cc1NC(=O)C1(CC(=O)O)CC(c2ccccc2OCC(N)=O)=NO1. The van der Waals surface area contributed by atoms with Crippen LogP contribution in [0.15, 0.2) is 47.6 Å². The number of carbonyl (C=O) groups is 3. The number of oxime groups is 1. The average molecular weight is 462 g/mol. The second kappa shape index (κ2) is 9.56.